The number of amides is 1. The van der Waals surface area contributed by atoms with E-state index >= 15 is 0 Å². The molecule has 3 aromatic rings. The highest BCUT2D eigenvalue weighted by Gasteiger charge is 2.26. The van der Waals surface area contributed by atoms with Gasteiger partial charge < -0.3 is 10.1 Å². The molecule has 29 heavy (non-hydrogen) atoms. The van der Waals surface area contributed by atoms with E-state index in [0.29, 0.717) is 5.56 Å². The SMILES string of the molecule is O=C(O[C@H](C(=O)Nc1ccc(Cl)c([N+](=O)[O-])c1)c1ccccc1)c1cccnc1. The molecule has 1 heterocycles. The summed E-state index contributed by atoms with van der Waals surface area (Å²) in [4.78, 5) is 39.5. The van der Waals surface area contributed by atoms with Crippen LogP contribution >= 0.6 is 11.6 Å². The largest absolute Gasteiger partial charge is 0.444 e. The van der Waals surface area contributed by atoms with Gasteiger partial charge in [-0.25, -0.2) is 4.79 Å². The van der Waals surface area contributed by atoms with Crippen LogP contribution in [0.25, 0.3) is 0 Å². The second-order valence-electron chi connectivity index (χ2n) is 5.85. The van der Waals surface area contributed by atoms with Crippen molar-refractivity contribution in [2.75, 3.05) is 5.32 Å². The summed E-state index contributed by atoms with van der Waals surface area (Å²) in [6.45, 7) is 0. The van der Waals surface area contributed by atoms with E-state index in [-0.39, 0.29) is 22.0 Å². The van der Waals surface area contributed by atoms with Gasteiger partial charge in [0.1, 0.15) is 5.02 Å². The van der Waals surface area contributed by atoms with Crippen molar-refractivity contribution in [1.29, 1.82) is 0 Å². The van der Waals surface area contributed by atoms with Gasteiger partial charge in [0.05, 0.1) is 10.5 Å². The Hall–Kier alpha value is -3.78. The van der Waals surface area contributed by atoms with Crippen molar-refractivity contribution in [1.82, 2.24) is 4.98 Å². The first-order valence-corrected chi connectivity index (χ1v) is 8.74. The highest BCUT2D eigenvalue weighted by atomic mass is 35.5. The first-order chi connectivity index (χ1) is 14.0. The number of aromatic nitrogens is 1. The number of ether oxygens (including phenoxy) is 1. The molecule has 2 aromatic carbocycles. The lowest BCUT2D eigenvalue weighted by molar-refractivity contribution is -0.384. The molecule has 146 valence electrons. The second kappa shape index (κ2) is 8.94. The van der Waals surface area contributed by atoms with Crippen LogP contribution in [0.5, 0.6) is 0 Å². The van der Waals surface area contributed by atoms with Gasteiger partial charge in [0, 0.05) is 29.7 Å². The van der Waals surface area contributed by atoms with Crippen LogP contribution in [0.1, 0.15) is 22.0 Å². The molecule has 1 amide bonds. The van der Waals surface area contributed by atoms with Crippen molar-refractivity contribution >= 4 is 34.9 Å². The average Bonchev–Trinajstić information content (AvgIpc) is 2.74. The Bertz CT molecular complexity index is 1040. The van der Waals surface area contributed by atoms with Crippen LogP contribution in [0.15, 0.2) is 73.1 Å². The van der Waals surface area contributed by atoms with E-state index in [1.54, 1.807) is 36.4 Å². The number of rotatable bonds is 6. The van der Waals surface area contributed by atoms with Gasteiger partial charge in [-0.3, -0.25) is 19.9 Å². The summed E-state index contributed by atoms with van der Waals surface area (Å²) in [5.74, 6) is -1.41. The quantitative estimate of drug-likeness (QED) is 0.370. The monoisotopic (exact) mass is 411 g/mol. The van der Waals surface area contributed by atoms with Crippen LogP contribution in [0.3, 0.4) is 0 Å². The Labute approximate surface area is 170 Å². The summed E-state index contributed by atoms with van der Waals surface area (Å²) in [6, 6.07) is 15.3. The minimum atomic E-state index is -1.28. The van der Waals surface area contributed by atoms with Gasteiger partial charge in [-0.1, -0.05) is 41.9 Å². The number of esters is 1. The van der Waals surface area contributed by atoms with Gasteiger partial charge in [0.15, 0.2) is 0 Å². The molecule has 0 radical (unpaired) electrons. The average molecular weight is 412 g/mol. The third-order valence-electron chi connectivity index (χ3n) is 3.87. The van der Waals surface area contributed by atoms with Gasteiger partial charge in [0.25, 0.3) is 11.6 Å². The molecular weight excluding hydrogens is 398 g/mol. The fourth-order valence-corrected chi connectivity index (χ4v) is 2.68. The van der Waals surface area contributed by atoms with E-state index in [1.165, 1.54) is 30.6 Å². The summed E-state index contributed by atoms with van der Waals surface area (Å²) in [5.41, 5.74) is 0.409. The molecule has 9 heteroatoms. The van der Waals surface area contributed by atoms with Gasteiger partial charge in [0.2, 0.25) is 6.10 Å². The zero-order valence-corrected chi connectivity index (χ0v) is 15.6. The number of nitro groups is 1. The van der Waals surface area contributed by atoms with Crippen LogP contribution in [0.4, 0.5) is 11.4 Å². The number of anilines is 1. The molecule has 8 nitrogen and oxygen atoms in total. The van der Waals surface area contributed by atoms with Gasteiger partial charge in [-0.05, 0) is 24.3 Å². The van der Waals surface area contributed by atoms with Gasteiger partial charge >= 0.3 is 5.97 Å². The fourth-order valence-electron chi connectivity index (χ4n) is 2.50. The van der Waals surface area contributed by atoms with E-state index in [0.717, 1.165) is 6.07 Å². The Morgan fingerprint density at radius 2 is 1.86 bits per heavy atom. The molecule has 0 unspecified atom stereocenters. The van der Waals surface area contributed by atoms with Crippen molar-refractivity contribution in [2.45, 2.75) is 6.10 Å². The summed E-state index contributed by atoms with van der Waals surface area (Å²) in [7, 11) is 0. The minimum Gasteiger partial charge on any atom is -0.444 e. The lowest BCUT2D eigenvalue weighted by Crippen LogP contribution is -2.26. The van der Waals surface area contributed by atoms with E-state index < -0.39 is 22.9 Å². The number of carbonyl (C=O) groups is 2. The number of hydrogen-bond acceptors (Lipinski definition) is 6. The number of halogens is 1. The summed E-state index contributed by atoms with van der Waals surface area (Å²) >= 11 is 5.79. The first kappa shape index (κ1) is 20.0. The summed E-state index contributed by atoms with van der Waals surface area (Å²) in [5, 5.41) is 13.5. The number of nitrogens with zero attached hydrogens (tertiary/aromatic N) is 2. The van der Waals surface area contributed by atoms with Crippen molar-refractivity contribution in [3.05, 3.63) is 99.3 Å². The maximum atomic E-state index is 12.8. The molecule has 0 aliphatic heterocycles. The second-order valence-corrected chi connectivity index (χ2v) is 6.26. The number of pyridine rings is 1. The Balaban J connectivity index is 1.86. The normalized spacial score (nSPS) is 11.3. The van der Waals surface area contributed by atoms with Crippen molar-refractivity contribution in [2.24, 2.45) is 0 Å². The fraction of sp³-hybridized carbons (Fsp3) is 0.0500. The molecule has 1 atom stereocenters. The van der Waals surface area contributed by atoms with Crippen LogP contribution in [0.2, 0.25) is 5.02 Å². The maximum Gasteiger partial charge on any atom is 0.340 e. The lowest BCUT2D eigenvalue weighted by Gasteiger charge is -2.18. The molecule has 0 fully saturated rings. The Kier molecular flexibility index (Phi) is 6.16. The molecule has 1 aromatic heterocycles. The molecule has 0 saturated carbocycles. The van der Waals surface area contributed by atoms with E-state index in [4.69, 9.17) is 16.3 Å². The topological polar surface area (TPSA) is 111 Å². The predicted octanol–water partition coefficient (Wildman–Crippen LogP) is 4.18. The summed E-state index contributed by atoms with van der Waals surface area (Å²) in [6.07, 6.45) is 1.55. The molecule has 1 N–H and O–H groups in total. The lowest BCUT2D eigenvalue weighted by atomic mass is 10.1. The van der Waals surface area contributed by atoms with E-state index in [2.05, 4.69) is 10.3 Å². The smallest absolute Gasteiger partial charge is 0.340 e. The third kappa shape index (κ3) is 4.94. The molecule has 0 bridgehead atoms. The maximum absolute atomic E-state index is 12.8. The standard InChI is InChI=1S/C20H14ClN3O5/c21-16-9-8-15(11-17(16)24(27)28)23-19(25)18(13-5-2-1-3-6-13)29-20(26)14-7-4-10-22-12-14/h1-12,18H,(H,23,25)/t18-/m0/s1. The van der Waals surface area contributed by atoms with Crippen LogP contribution in [0, 0.1) is 10.1 Å². The number of hydrogen-bond donors (Lipinski definition) is 1. The minimum absolute atomic E-state index is 0.0596. The Morgan fingerprint density at radius 1 is 1.10 bits per heavy atom. The van der Waals surface area contributed by atoms with Gasteiger partial charge in [-0.15, -0.1) is 0 Å². The third-order valence-corrected chi connectivity index (χ3v) is 4.19. The zero-order valence-electron chi connectivity index (χ0n) is 14.8. The molecule has 0 spiro atoms. The molecule has 3 rings (SSSR count). The first-order valence-electron chi connectivity index (χ1n) is 8.36. The zero-order chi connectivity index (χ0) is 20.8. The number of benzene rings is 2. The van der Waals surface area contributed by atoms with Crippen molar-refractivity contribution < 1.29 is 19.2 Å². The van der Waals surface area contributed by atoms with Gasteiger partial charge in [-0.2, -0.15) is 0 Å². The number of carbonyl (C=O) groups excluding carboxylic acids is 2. The highest BCUT2D eigenvalue weighted by molar-refractivity contribution is 6.32. The summed E-state index contributed by atoms with van der Waals surface area (Å²) < 4.78 is 5.41. The molecule has 0 aliphatic rings. The van der Waals surface area contributed by atoms with Crippen LogP contribution < -0.4 is 5.32 Å². The Morgan fingerprint density at radius 3 is 2.52 bits per heavy atom. The predicted molar refractivity (Wildman–Crippen MR) is 106 cm³/mol. The van der Waals surface area contributed by atoms with Crippen LogP contribution in [-0.2, 0) is 9.53 Å². The van der Waals surface area contributed by atoms with Crippen molar-refractivity contribution in [3.8, 4) is 0 Å². The number of nitrogens with one attached hydrogen (secondary N) is 1. The molecule has 0 saturated heterocycles. The highest BCUT2D eigenvalue weighted by Crippen LogP contribution is 2.28. The van der Waals surface area contributed by atoms with E-state index in [9.17, 15) is 19.7 Å². The molecule has 0 aliphatic carbocycles. The van der Waals surface area contributed by atoms with Crippen molar-refractivity contribution in [3.63, 3.8) is 0 Å². The van der Waals surface area contributed by atoms with E-state index in [1.807, 2.05) is 0 Å². The number of nitro benzene ring substituents is 1. The molecular formula is C20H14ClN3O5. The van der Waals surface area contributed by atoms with Crippen LogP contribution in [-0.4, -0.2) is 21.8 Å².